The predicted molar refractivity (Wildman–Crippen MR) is 62.4 cm³/mol. The van der Waals surface area contributed by atoms with Crippen LogP contribution in [0.5, 0.6) is 5.75 Å². The van der Waals surface area contributed by atoms with E-state index in [4.69, 9.17) is 0 Å². The largest absolute Gasteiger partial charge is 0.501 e. The van der Waals surface area contributed by atoms with Crippen LogP contribution < -0.4 is 5.56 Å². The lowest BCUT2D eigenvalue weighted by molar-refractivity contribution is -0.387. The van der Waals surface area contributed by atoms with Gasteiger partial charge in [-0.1, -0.05) is 6.07 Å². The minimum absolute atomic E-state index is 0.286. The summed E-state index contributed by atoms with van der Waals surface area (Å²) in [6.07, 6.45) is 0. The number of nitrogens with zero attached hydrogens (tertiary/aromatic N) is 1. The van der Waals surface area contributed by atoms with E-state index in [1.807, 2.05) is 13.0 Å². The van der Waals surface area contributed by atoms with Gasteiger partial charge in [0, 0.05) is 5.39 Å². The number of H-pyrrole nitrogens is 1. The Morgan fingerprint density at radius 2 is 2.00 bits per heavy atom. The first-order valence-electron chi connectivity index (χ1n) is 4.92. The highest BCUT2D eigenvalue weighted by atomic mass is 16.6. The number of aromatic nitrogens is 1. The fourth-order valence-electron chi connectivity index (χ4n) is 1.90. The lowest BCUT2D eigenvalue weighted by atomic mass is 10.1. The van der Waals surface area contributed by atoms with Crippen LogP contribution in [0.3, 0.4) is 0 Å². The van der Waals surface area contributed by atoms with Crippen LogP contribution in [0.2, 0.25) is 0 Å². The Labute approximate surface area is 95.7 Å². The van der Waals surface area contributed by atoms with E-state index < -0.39 is 21.9 Å². The molecule has 0 spiro atoms. The summed E-state index contributed by atoms with van der Waals surface area (Å²) in [4.78, 5) is 23.7. The van der Waals surface area contributed by atoms with Gasteiger partial charge in [0.05, 0.1) is 10.4 Å². The Hall–Kier alpha value is -2.37. The van der Waals surface area contributed by atoms with E-state index in [2.05, 4.69) is 4.98 Å². The van der Waals surface area contributed by atoms with Gasteiger partial charge in [0.15, 0.2) is 0 Å². The molecule has 1 aromatic carbocycles. The molecule has 0 fully saturated rings. The maximum atomic E-state index is 11.5. The summed E-state index contributed by atoms with van der Waals surface area (Å²) in [5.41, 5.74) is 0.312. The minimum Gasteiger partial charge on any atom is -0.501 e. The summed E-state index contributed by atoms with van der Waals surface area (Å²) >= 11 is 0. The number of pyridine rings is 1. The molecule has 1 aromatic heterocycles. The van der Waals surface area contributed by atoms with Crippen molar-refractivity contribution in [1.82, 2.24) is 4.98 Å². The van der Waals surface area contributed by atoms with Gasteiger partial charge in [-0.3, -0.25) is 14.9 Å². The van der Waals surface area contributed by atoms with E-state index in [0.717, 1.165) is 11.1 Å². The van der Waals surface area contributed by atoms with Gasteiger partial charge in [-0.15, -0.1) is 0 Å². The molecule has 0 saturated heterocycles. The number of rotatable bonds is 1. The third kappa shape index (κ3) is 1.63. The van der Waals surface area contributed by atoms with Crippen molar-refractivity contribution in [1.29, 1.82) is 0 Å². The molecule has 0 radical (unpaired) electrons. The van der Waals surface area contributed by atoms with Gasteiger partial charge < -0.3 is 10.1 Å². The Bertz CT molecular complexity index is 688. The Morgan fingerprint density at radius 3 is 2.59 bits per heavy atom. The summed E-state index contributed by atoms with van der Waals surface area (Å²) < 4.78 is 0. The third-order valence-corrected chi connectivity index (χ3v) is 2.60. The van der Waals surface area contributed by atoms with E-state index in [-0.39, 0.29) is 5.39 Å². The second kappa shape index (κ2) is 3.58. The van der Waals surface area contributed by atoms with E-state index in [9.17, 15) is 20.0 Å². The van der Waals surface area contributed by atoms with Crippen molar-refractivity contribution in [3.63, 3.8) is 0 Å². The molecule has 0 amide bonds. The average molecular weight is 234 g/mol. The zero-order valence-electron chi connectivity index (χ0n) is 9.27. The Morgan fingerprint density at radius 1 is 1.35 bits per heavy atom. The maximum absolute atomic E-state index is 11.5. The van der Waals surface area contributed by atoms with Gasteiger partial charge in [0.25, 0.3) is 0 Å². The van der Waals surface area contributed by atoms with Crippen LogP contribution in [0, 0.1) is 24.0 Å². The number of nitrogens with one attached hydrogen (secondary N) is 1. The van der Waals surface area contributed by atoms with Gasteiger partial charge >= 0.3 is 11.2 Å². The summed E-state index contributed by atoms with van der Waals surface area (Å²) in [7, 11) is 0. The molecule has 0 unspecified atom stereocenters. The number of aryl methyl sites for hydroxylation is 2. The summed E-state index contributed by atoms with van der Waals surface area (Å²) in [6.45, 7) is 3.57. The first-order valence-corrected chi connectivity index (χ1v) is 4.92. The van der Waals surface area contributed by atoms with E-state index >= 15 is 0 Å². The molecule has 6 nitrogen and oxygen atoms in total. The molecule has 0 aliphatic heterocycles. The van der Waals surface area contributed by atoms with Crippen molar-refractivity contribution < 1.29 is 10.0 Å². The highest BCUT2D eigenvalue weighted by Crippen LogP contribution is 2.31. The summed E-state index contributed by atoms with van der Waals surface area (Å²) in [5, 5.41) is 20.8. The molecule has 17 heavy (non-hydrogen) atoms. The molecule has 0 saturated carbocycles. The molecule has 2 aromatic rings. The van der Waals surface area contributed by atoms with Gasteiger partial charge in [-0.25, -0.2) is 0 Å². The SMILES string of the molecule is Cc1cc(C)c2[nH]c(=O)c([N+](=O)[O-])c(O)c2c1. The maximum Gasteiger partial charge on any atom is 0.375 e. The van der Waals surface area contributed by atoms with E-state index in [1.165, 1.54) is 0 Å². The number of fused-ring (bicyclic) bond motifs is 1. The van der Waals surface area contributed by atoms with Crippen LogP contribution in [0.4, 0.5) is 5.69 Å². The van der Waals surface area contributed by atoms with Crippen molar-refractivity contribution >= 4 is 16.6 Å². The monoisotopic (exact) mass is 234 g/mol. The molecule has 0 aliphatic rings. The normalized spacial score (nSPS) is 10.7. The van der Waals surface area contributed by atoms with Crippen molar-refractivity contribution in [3.05, 3.63) is 43.7 Å². The van der Waals surface area contributed by atoms with Crippen molar-refractivity contribution in [2.24, 2.45) is 0 Å². The zero-order chi connectivity index (χ0) is 12.7. The van der Waals surface area contributed by atoms with E-state index in [0.29, 0.717) is 5.52 Å². The number of nitro groups is 1. The predicted octanol–water partition coefficient (Wildman–Crippen LogP) is 1.76. The number of benzene rings is 1. The van der Waals surface area contributed by atoms with Crippen LogP contribution in [0.15, 0.2) is 16.9 Å². The fourth-order valence-corrected chi connectivity index (χ4v) is 1.90. The highest BCUT2D eigenvalue weighted by molar-refractivity contribution is 5.90. The van der Waals surface area contributed by atoms with Crippen molar-refractivity contribution in [3.8, 4) is 5.75 Å². The van der Waals surface area contributed by atoms with Crippen molar-refractivity contribution in [2.45, 2.75) is 13.8 Å². The average Bonchev–Trinajstić information content (AvgIpc) is 2.19. The minimum atomic E-state index is -0.896. The van der Waals surface area contributed by atoms with Crippen LogP contribution >= 0.6 is 0 Å². The van der Waals surface area contributed by atoms with Crippen LogP contribution in [-0.2, 0) is 0 Å². The molecule has 6 heteroatoms. The molecular weight excluding hydrogens is 224 g/mol. The second-order valence-electron chi connectivity index (χ2n) is 3.91. The molecule has 2 N–H and O–H groups in total. The van der Waals surface area contributed by atoms with Crippen LogP contribution in [0.25, 0.3) is 10.9 Å². The number of hydrogen-bond donors (Lipinski definition) is 2. The standard InChI is InChI=1S/C11H10N2O4/c1-5-3-6(2)8-7(4-5)10(14)9(13(16)17)11(15)12-8/h3-4H,1-2H3,(H2,12,14,15). The lowest BCUT2D eigenvalue weighted by Crippen LogP contribution is -2.12. The molecule has 2 rings (SSSR count). The Kier molecular flexibility index (Phi) is 2.35. The summed E-state index contributed by atoms with van der Waals surface area (Å²) in [6, 6.07) is 3.42. The van der Waals surface area contributed by atoms with Gasteiger partial charge in [0.1, 0.15) is 0 Å². The quantitative estimate of drug-likeness (QED) is 0.580. The molecule has 0 atom stereocenters. The molecule has 88 valence electrons. The first kappa shape index (κ1) is 11.1. The molecule has 0 bridgehead atoms. The lowest BCUT2D eigenvalue weighted by Gasteiger charge is -2.06. The smallest absolute Gasteiger partial charge is 0.375 e. The highest BCUT2D eigenvalue weighted by Gasteiger charge is 2.22. The third-order valence-electron chi connectivity index (χ3n) is 2.60. The van der Waals surface area contributed by atoms with Gasteiger partial charge in [-0.2, -0.15) is 0 Å². The first-order chi connectivity index (χ1) is 7.91. The molecular formula is C11H10N2O4. The van der Waals surface area contributed by atoms with E-state index in [1.54, 1.807) is 13.0 Å². The van der Waals surface area contributed by atoms with Gasteiger partial charge in [0.2, 0.25) is 5.75 Å². The number of hydrogen-bond acceptors (Lipinski definition) is 4. The molecule has 0 aliphatic carbocycles. The zero-order valence-corrected chi connectivity index (χ0v) is 9.27. The van der Waals surface area contributed by atoms with Crippen molar-refractivity contribution in [2.75, 3.05) is 0 Å². The molecule has 1 heterocycles. The topological polar surface area (TPSA) is 96.2 Å². The van der Waals surface area contributed by atoms with Gasteiger partial charge in [-0.05, 0) is 31.0 Å². The van der Waals surface area contributed by atoms with Crippen LogP contribution in [-0.4, -0.2) is 15.0 Å². The summed E-state index contributed by atoms with van der Waals surface area (Å²) in [5.74, 6) is -0.583. The number of aromatic hydroxyl groups is 1. The fraction of sp³-hybridized carbons (Fsp3) is 0.182. The second-order valence-corrected chi connectivity index (χ2v) is 3.91. The van der Waals surface area contributed by atoms with Crippen LogP contribution in [0.1, 0.15) is 11.1 Å². The number of aromatic amines is 1. The Balaban J connectivity index is 3.02.